The second-order valence-corrected chi connectivity index (χ2v) is 8.13. The molecule has 1 unspecified atom stereocenters. The molecule has 0 aliphatic carbocycles. The first-order chi connectivity index (χ1) is 14.0. The number of benzene rings is 2. The SMILES string of the molecule is CCCCCCCCCC(CC)(c1ccccc1)c1ccc(C)c(C(=O)O)c1O. The molecule has 158 valence electrons. The van der Waals surface area contributed by atoms with Crippen LogP contribution in [0.4, 0.5) is 0 Å². The molecule has 0 spiro atoms. The molecule has 3 nitrogen and oxygen atoms in total. The van der Waals surface area contributed by atoms with E-state index >= 15 is 0 Å². The lowest BCUT2D eigenvalue weighted by Gasteiger charge is -2.35. The third kappa shape index (κ3) is 5.41. The number of aromatic carboxylic acids is 1. The zero-order valence-corrected chi connectivity index (χ0v) is 18.2. The fourth-order valence-electron chi connectivity index (χ4n) is 4.50. The minimum absolute atomic E-state index is 0.0239. The van der Waals surface area contributed by atoms with Crippen molar-refractivity contribution in [2.24, 2.45) is 0 Å². The number of hydrogen-bond acceptors (Lipinski definition) is 2. The highest BCUT2D eigenvalue weighted by molar-refractivity contribution is 5.93. The molecule has 0 heterocycles. The van der Waals surface area contributed by atoms with Crippen LogP contribution in [0.3, 0.4) is 0 Å². The Hall–Kier alpha value is -2.29. The Balaban J connectivity index is 2.36. The van der Waals surface area contributed by atoms with Gasteiger partial charge in [0.25, 0.3) is 0 Å². The van der Waals surface area contributed by atoms with Crippen molar-refractivity contribution in [3.8, 4) is 5.75 Å². The van der Waals surface area contributed by atoms with Crippen LogP contribution in [0.15, 0.2) is 42.5 Å². The highest BCUT2D eigenvalue weighted by Crippen LogP contribution is 2.45. The molecule has 1 atom stereocenters. The van der Waals surface area contributed by atoms with E-state index in [2.05, 4.69) is 26.0 Å². The van der Waals surface area contributed by atoms with E-state index in [9.17, 15) is 15.0 Å². The van der Waals surface area contributed by atoms with Crippen molar-refractivity contribution in [1.82, 2.24) is 0 Å². The number of unbranched alkanes of at least 4 members (excludes halogenated alkanes) is 6. The Bertz CT molecular complexity index is 782. The van der Waals surface area contributed by atoms with Crippen LogP contribution in [0.5, 0.6) is 5.75 Å². The normalized spacial score (nSPS) is 13.2. The average Bonchev–Trinajstić information content (AvgIpc) is 2.71. The van der Waals surface area contributed by atoms with Gasteiger partial charge in [0.2, 0.25) is 0 Å². The van der Waals surface area contributed by atoms with Gasteiger partial charge < -0.3 is 10.2 Å². The Labute approximate surface area is 175 Å². The van der Waals surface area contributed by atoms with Crippen molar-refractivity contribution in [2.75, 3.05) is 0 Å². The van der Waals surface area contributed by atoms with Gasteiger partial charge in [-0.2, -0.15) is 0 Å². The minimum Gasteiger partial charge on any atom is -0.507 e. The van der Waals surface area contributed by atoms with Crippen molar-refractivity contribution in [2.45, 2.75) is 84.0 Å². The number of aryl methyl sites for hydroxylation is 1. The number of carbonyl (C=O) groups is 1. The summed E-state index contributed by atoms with van der Waals surface area (Å²) in [6, 6.07) is 14.0. The lowest BCUT2D eigenvalue weighted by molar-refractivity contribution is 0.0692. The lowest BCUT2D eigenvalue weighted by atomic mass is 9.68. The zero-order valence-electron chi connectivity index (χ0n) is 18.2. The quantitative estimate of drug-likeness (QED) is 0.372. The third-order valence-corrected chi connectivity index (χ3v) is 6.25. The maximum absolute atomic E-state index is 11.8. The van der Waals surface area contributed by atoms with Crippen molar-refractivity contribution in [1.29, 1.82) is 0 Å². The highest BCUT2D eigenvalue weighted by Gasteiger charge is 2.36. The van der Waals surface area contributed by atoms with E-state index in [0.29, 0.717) is 5.56 Å². The minimum atomic E-state index is -1.07. The molecule has 0 bridgehead atoms. The fraction of sp³-hybridized carbons (Fsp3) is 0.500. The number of aromatic hydroxyl groups is 1. The van der Waals surface area contributed by atoms with Gasteiger partial charge in [0.15, 0.2) is 0 Å². The van der Waals surface area contributed by atoms with E-state index in [1.54, 1.807) is 6.92 Å². The Morgan fingerprint density at radius 2 is 1.52 bits per heavy atom. The van der Waals surface area contributed by atoms with Gasteiger partial charge in [0.1, 0.15) is 11.3 Å². The summed E-state index contributed by atoms with van der Waals surface area (Å²) in [7, 11) is 0. The van der Waals surface area contributed by atoms with E-state index < -0.39 is 5.97 Å². The predicted octanol–water partition coefficient (Wildman–Crippen LogP) is 7.24. The molecule has 3 heteroatoms. The van der Waals surface area contributed by atoms with Gasteiger partial charge in [-0.3, -0.25) is 0 Å². The Morgan fingerprint density at radius 3 is 2.10 bits per heavy atom. The van der Waals surface area contributed by atoms with Gasteiger partial charge in [-0.25, -0.2) is 4.79 Å². The molecule has 2 N–H and O–H groups in total. The third-order valence-electron chi connectivity index (χ3n) is 6.25. The average molecular weight is 397 g/mol. The Kier molecular flexibility index (Phi) is 8.75. The molecule has 0 aliphatic rings. The maximum Gasteiger partial charge on any atom is 0.339 e. The molecule has 0 saturated carbocycles. The molecule has 29 heavy (non-hydrogen) atoms. The topological polar surface area (TPSA) is 57.5 Å². The number of phenols is 1. The summed E-state index contributed by atoms with van der Waals surface area (Å²) < 4.78 is 0. The summed E-state index contributed by atoms with van der Waals surface area (Å²) in [5.74, 6) is -1.15. The molecule has 2 aromatic carbocycles. The van der Waals surface area contributed by atoms with Crippen LogP contribution in [-0.2, 0) is 5.41 Å². The molecule has 2 rings (SSSR count). The van der Waals surface area contributed by atoms with Crippen molar-refractivity contribution in [3.63, 3.8) is 0 Å². The van der Waals surface area contributed by atoms with Crippen LogP contribution in [0.2, 0.25) is 0 Å². The van der Waals surface area contributed by atoms with E-state index in [-0.39, 0.29) is 16.7 Å². The van der Waals surface area contributed by atoms with Crippen LogP contribution >= 0.6 is 0 Å². The van der Waals surface area contributed by atoms with Gasteiger partial charge in [0, 0.05) is 11.0 Å². The van der Waals surface area contributed by atoms with Gasteiger partial charge in [-0.15, -0.1) is 0 Å². The maximum atomic E-state index is 11.8. The Morgan fingerprint density at radius 1 is 0.897 bits per heavy atom. The fourth-order valence-corrected chi connectivity index (χ4v) is 4.50. The smallest absolute Gasteiger partial charge is 0.339 e. The monoisotopic (exact) mass is 396 g/mol. The van der Waals surface area contributed by atoms with Gasteiger partial charge in [-0.1, -0.05) is 101 Å². The van der Waals surface area contributed by atoms with Gasteiger partial charge >= 0.3 is 5.97 Å². The zero-order chi connectivity index (χ0) is 21.3. The van der Waals surface area contributed by atoms with Gasteiger partial charge in [-0.05, 0) is 30.9 Å². The summed E-state index contributed by atoms with van der Waals surface area (Å²) in [6.07, 6.45) is 10.3. The number of carboxylic acid groups (broad SMARTS) is 1. The number of hydrogen-bond donors (Lipinski definition) is 2. The van der Waals surface area contributed by atoms with Gasteiger partial charge in [0.05, 0.1) is 0 Å². The molecule has 0 aliphatic heterocycles. The standard InChI is InChI=1S/C26H36O3/c1-4-6-7-8-9-10-14-19-26(5-2,21-15-12-11-13-16-21)22-18-17-20(3)23(24(22)27)25(28)29/h11-13,15-18,27H,4-10,14,19H2,1-3H3,(H,28,29). The molecule has 0 amide bonds. The van der Waals surface area contributed by atoms with Crippen molar-refractivity contribution in [3.05, 3.63) is 64.7 Å². The predicted molar refractivity (Wildman–Crippen MR) is 120 cm³/mol. The molecule has 0 fully saturated rings. The molecule has 2 aromatic rings. The highest BCUT2D eigenvalue weighted by atomic mass is 16.4. The van der Waals surface area contributed by atoms with E-state index in [1.165, 1.54) is 32.1 Å². The molecule has 0 aromatic heterocycles. The summed E-state index contributed by atoms with van der Waals surface area (Å²) in [5, 5.41) is 20.6. The summed E-state index contributed by atoms with van der Waals surface area (Å²) in [4.78, 5) is 11.8. The second kappa shape index (κ2) is 11.0. The van der Waals surface area contributed by atoms with Crippen LogP contribution < -0.4 is 0 Å². The first-order valence-electron chi connectivity index (χ1n) is 11.1. The molecular formula is C26H36O3. The van der Waals surface area contributed by atoms with E-state index in [0.717, 1.165) is 36.8 Å². The molecular weight excluding hydrogens is 360 g/mol. The van der Waals surface area contributed by atoms with E-state index in [1.807, 2.05) is 30.3 Å². The van der Waals surface area contributed by atoms with E-state index in [4.69, 9.17) is 0 Å². The van der Waals surface area contributed by atoms with Crippen LogP contribution in [0.25, 0.3) is 0 Å². The first-order valence-corrected chi connectivity index (χ1v) is 11.1. The summed E-state index contributed by atoms with van der Waals surface area (Å²) in [5.41, 5.74) is 2.11. The number of carboxylic acids is 1. The van der Waals surface area contributed by atoms with Crippen molar-refractivity contribution < 1.29 is 15.0 Å². The largest absolute Gasteiger partial charge is 0.507 e. The van der Waals surface area contributed by atoms with Crippen molar-refractivity contribution >= 4 is 5.97 Å². The number of rotatable bonds is 12. The summed E-state index contributed by atoms with van der Waals surface area (Å²) >= 11 is 0. The summed E-state index contributed by atoms with van der Waals surface area (Å²) in [6.45, 7) is 6.10. The van der Waals surface area contributed by atoms with Crippen LogP contribution in [0.1, 0.15) is 98.7 Å². The second-order valence-electron chi connectivity index (χ2n) is 8.13. The molecule has 0 radical (unpaired) electrons. The molecule has 0 saturated heterocycles. The first kappa shape index (κ1) is 23.0. The van der Waals surface area contributed by atoms with Crippen LogP contribution in [-0.4, -0.2) is 16.2 Å². The van der Waals surface area contributed by atoms with Crippen LogP contribution in [0, 0.1) is 6.92 Å². The lowest BCUT2D eigenvalue weighted by Crippen LogP contribution is -2.28.